The molecule has 3 N–H and O–H groups in total. The minimum Gasteiger partial charge on any atom is -0.352 e. The van der Waals surface area contributed by atoms with Gasteiger partial charge in [0.2, 0.25) is 5.91 Å². The van der Waals surface area contributed by atoms with Crippen molar-refractivity contribution in [2.24, 2.45) is 11.7 Å². The van der Waals surface area contributed by atoms with E-state index in [-0.39, 0.29) is 5.92 Å². The topological polar surface area (TPSA) is 58.4 Å². The first-order valence-corrected chi connectivity index (χ1v) is 7.54. The van der Waals surface area contributed by atoms with Crippen molar-refractivity contribution in [3.63, 3.8) is 0 Å². The summed E-state index contributed by atoms with van der Waals surface area (Å²) in [5.74, 6) is 0.515. The van der Waals surface area contributed by atoms with Crippen molar-refractivity contribution in [3.8, 4) is 0 Å². The molecule has 3 fully saturated rings. The zero-order valence-electron chi connectivity index (χ0n) is 11.1. The summed E-state index contributed by atoms with van der Waals surface area (Å²) in [5, 5.41) is 3.31. The van der Waals surface area contributed by atoms with Gasteiger partial charge in [-0.05, 0) is 51.5 Å². The maximum absolute atomic E-state index is 12.3. The van der Waals surface area contributed by atoms with Gasteiger partial charge in [-0.25, -0.2) is 0 Å². The molecule has 2 atom stereocenters. The molecular weight excluding hydrogens is 226 g/mol. The molecule has 2 heterocycles. The molecule has 1 amide bonds. The summed E-state index contributed by atoms with van der Waals surface area (Å²) in [6.07, 6.45) is 7.69. The average Bonchev–Trinajstić information content (AvgIpc) is 2.95. The van der Waals surface area contributed by atoms with E-state index in [1.165, 1.54) is 25.9 Å². The molecule has 3 aliphatic rings. The second kappa shape index (κ2) is 5.17. The van der Waals surface area contributed by atoms with Crippen LogP contribution in [0.3, 0.4) is 0 Å². The predicted octanol–water partition coefficient (Wildman–Crippen LogP) is 0.857. The van der Waals surface area contributed by atoms with E-state index in [9.17, 15) is 4.79 Å². The third kappa shape index (κ3) is 2.41. The van der Waals surface area contributed by atoms with E-state index < -0.39 is 0 Å². The number of hydrogen-bond acceptors (Lipinski definition) is 3. The molecule has 2 aliphatic heterocycles. The largest absolute Gasteiger partial charge is 0.352 e. The molecule has 0 aromatic carbocycles. The van der Waals surface area contributed by atoms with Gasteiger partial charge in [-0.3, -0.25) is 9.69 Å². The van der Waals surface area contributed by atoms with Gasteiger partial charge in [-0.2, -0.15) is 0 Å². The van der Waals surface area contributed by atoms with E-state index in [1.807, 2.05) is 0 Å². The molecule has 4 nitrogen and oxygen atoms in total. The van der Waals surface area contributed by atoms with Crippen LogP contribution in [0.25, 0.3) is 0 Å². The van der Waals surface area contributed by atoms with Gasteiger partial charge < -0.3 is 11.1 Å². The predicted molar refractivity (Wildman–Crippen MR) is 71.1 cm³/mol. The van der Waals surface area contributed by atoms with Crippen LogP contribution in [0, 0.1) is 5.92 Å². The van der Waals surface area contributed by atoms with Crippen LogP contribution in [0.2, 0.25) is 0 Å². The zero-order valence-corrected chi connectivity index (χ0v) is 11.1. The van der Waals surface area contributed by atoms with Gasteiger partial charge in [-0.15, -0.1) is 0 Å². The van der Waals surface area contributed by atoms with E-state index in [0.717, 1.165) is 32.1 Å². The van der Waals surface area contributed by atoms with E-state index in [1.54, 1.807) is 0 Å². The van der Waals surface area contributed by atoms with Crippen LogP contribution in [0.5, 0.6) is 0 Å². The highest BCUT2D eigenvalue weighted by molar-refractivity contribution is 5.79. The normalized spacial score (nSPS) is 40.7. The first-order valence-electron chi connectivity index (χ1n) is 7.54. The lowest BCUT2D eigenvalue weighted by Crippen LogP contribution is -2.45. The summed E-state index contributed by atoms with van der Waals surface area (Å²) < 4.78 is 0. The third-order valence-electron chi connectivity index (χ3n) is 5.08. The van der Waals surface area contributed by atoms with E-state index in [4.69, 9.17) is 5.73 Å². The Balaban J connectivity index is 1.52. The molecule has 1 saturated carbocycles. The van der Waals surface area contributed by atoms with Gasteiger partial charge in [0, 0.05) is 30.6 Å². The number of rotatable bonds is 2. The molecule has 0 radical (unpaired) electrons. The molecule has 3 rings (SSSR count). The molecule has 0 aromatic rings. The number of hydrogen-bond donors (Lipinski definition) is 2. The fraction of sp³-hybridized carbons (Fsp3) is 0.929. The van der Waals surface area contributed by atoms with Crippen molar-refractivity contribution < 1.29 is 4.79 Å². The molecule has 18 heavy (non-hydrogen) atoms. The van der Waals surface area contributed by atoms with Gasteiger partial charge in [0.1, 0.15) is 0 Å². The molecule has 2 unspecified atom stereocenters. The Kier molecular flexibility index (Phi) is 3.57. The summed E-state index contributed by atoms with van der Waals surface area (Å²) >= 11 is 0. The lowest BCUT2D eigenvalue weighted by Gasteiger charge is -2.28. The van der Waals surface area contributed by atoms with Crippen molar-refractivity contribution in [2.45, 2.75) is 63.1 Å². The molecule has 0 bridgehead atoms. The van der Waals surface area contributed by atoms with Crippen LogP contribution in [-0.2, 0) is 4.79 Å². The highest BCUT2D eigenvalue weighted by atomic mass is 16.2. The van der Waals surface area contributed by atoms with Crippen molar-refractivity contribution in [1.82, 2.24) is 10.2 Å². The van der Waals surface area contributed by atoms with Gasteiger partial charge in [0.15, 0.2) is 0 Å². The average molecular weight is 251 g/mol. The number of nitrogens with zero attached hydrogens (tertiary/aromatic N) is 1. The molecule has 4 heteroatoms. The zero-order chi connectivity index (χ0) is 12.5. The summed E-state index contributed by atoms with van der Waals surface area (Å²) in [5.41, 5.74) is 5.89. The van der Waals surface area contributed by atoms with E-state index in [2.05, 4.69) is 10.2 Å². The maximum atomic E-state index is 12.3. The Labute approximate surface area is 109 Å². The van der Waals surface area contributed by atoms with Crippen molar-refractivity contribution in [1.29, 1.82) is 0 Å². The number of carbonyl (C=O) groups is 1. The van der Waals surface area contributed by atoms with Crippen LogP contribution < -0.4 is 11.1 Å². The van der Waals surface area contributed by atoms with Gasteiger partial charge in [0.05, 0.1) is 0 Å². The first-order chi connectivity index (χ1) is 8.74. The SMILES string of the molecule is NC1CCC(C(=O)NC2CCN3CCCC23)CC1. The minimum atomic E-state index is 0.222. The number of amides is 1. The quantitative estimate of drug-likeness (QED) is 0.765. The van der Waals surface area contributed by atoms with Crippen molar-refractivity contribution in [2.75, 3.05) is 13.1 Å². The highest BCUT2D eigenvalue weighted by Crippen LogP contribution is 2.29. The molecule has 2 saturated heterocycles. The van der Waals surface area contributed by atoms with Crippen molar-refractivity contribution in [3.05, 3.63) is 0 Å². The van der Waals surface area contributed by atoms with Gasteiger partial charge in [-0.1, -0.05) is 0 Å². The van der Waals surface area contributed by atoms with Crippen LogP contribution >= 0.6 is 0 Å². The Hall–Kier alpha value is -0.610. The van der Waals surface area contributed by atoms with E-state index >= 15 is 0 Å². The number of nitrogens with one attached hydrogen (secondary N) is 1. The number of fused-ring (bicyclic) bond motifs is 1. The summed E-state index contributed by atoms with van der Waals surface area (Å²) in [4.78, 5) is 14.8. The minimum absolute atomic E-state index is 0.222. The Bertz CT molecular complexity index is 312. The molecule has 1 aliphatic carbocycles. The molecule has 0 aromatic heterocycles. The van der Waals surface area contributed by atoms with Crippen LogP contribution in [0.4, 0.5) is 0 Å². The van der Waals surface area contributed by atoms with Gasteiger partial charge >= 0.3 is 0 Å². The Morgan fingerprint density at radius 2 is 1.83 bits per heavy atom. The third-order valence-corrected chi connectivity index (χ3v) is 5.08. The first kappa shape index (κ1) is 12.4. The Morgan fingerprint density at radius 1 is 1.06 bits per heavy atom. The number of nitrogens with two attached hydrogens (primary N) is 1. The lowest BCUT2D eigenvalue weighted by atomic mass is 9.85. The summed E-state index contributed by atoms with van der Waals surface area (Å²) in [6.45, 7) is 2.40. The fourth-order valence-corrected chi connectivity index (χ4v) is 3.93. The summed E-state index contributed by atoms with van der Waals surface area (Å²) in [6, 6.07) is 1.36. The highest BCUT2D eigenvalue weighted by Gasteiger charge is 2.38. The second-order valence-corrected chi connectivity index (χ2v) is 6.26. The Morgan fingerprint density at radius 3 is 2.61 bits per heavy atom. The standard InChI is InChI=1S/C14H25N3O/c15-11-5-3-10(4-6-11)14(18)16-12-7-9-17-8-1-2-13(12)17/h10-13H,1-9,15H2,(H,16,18). The number of carbonyl (C=O) groups excluding carboxylic acids is 1. The van der Waals surface area contributed by atoms with Crippen LogP contribution in [0.1, 0.15) is 44.9 Å². The van der Waals surface area contributed by atoms with Crippen LogP contribution in [0.15, 0.2) is 0 Å². The monoisotopic (exact) mass is 251 g/mol. The second-order valence-electron chi connectivity index (χ2n) is 6.26. The van der Waals surface area contributed by atoms with Gasteiger partial charge in [0.25, 0.3) is 0 Å². The maximum Gasteiger partial charge on any atom is 0.223 e. The van der Waals surface area contributed by atoms with Crippen LogP contribution in [-0.4, -0.2) is 42.0 Å². The molecular formula is C14H25N3O. The smallest absolute Gasteiger partial charge is 0.223 e. The van der Waals surface area contributed by atoms with Crippen molar-refractivity contribution >= 4 is 5.91 Å². The lowest BCUT2D eigenvalue weighted by molar-refractivity contribution is -0.126. The molecule has 0 spiro atoms. The molecule has 102 valence electrons. The summed E-state index contributed by atoms with van der Waals surface area (Å²) in [7, 11) is 0. The fourth-order valence-electron chi connectivity index (χ4n) is 3.93. The van der Waals surface area contributed by atoms with E-state index in [0.29, 0.717) is 24.0 Å².